The topological polar surface area (TPSA) is 38.1 Å². The predicted molar refractivity (Wildman–Crippen MR) is 65.7 cm³/mol. The Morgan fingerprint density at radius 1 is 1.26 bits per heavy atom. The summed E-state index contributed by atoms with van der Waals surface area (Å²) in [6.07, 6.45) is -3.44. The number of alkyl halides is 3. The molecule has 2 rings (SSSR count). The van der Waals surface area contributed by atoms with E-state index in [-0.39, 0.29) is 0 Å². The second-order valence-corrected chi connectivity index (χ2v) is 4.08. The molecule has 2 aromatic rings. The van der Waals surface area contributed by atoms with Crippen molar-refractivity contribution < 1.29 is 17.7 Å². The van der Waals surface area contributed by atoms with Crippen LogP contribution >= 0.6 is 0 Å². The van der Waals surface area contributed by atoms with Crippen LogP contribution in [-0.2, 0) is 6.18 Å². The fourth-order valence-corrected chi connectivity index (χ4v) is 1.60. The molecule has 3 nitrogen and oxygen atoms in total. The lowest BCUT2D eigenvalue weighted by molar-refractivity contribution is -0.137. The molecule has 1 aromatic heterocycles. The summed E-state index contributed by atoms with van der Waals surface area (Å²) >= 11 is 0. The Kier molecular flexibility index (Phi) is 3.78. The van der Waals surface area contributed by atoms with Crippen molar-refractivity contribution in [3.8, 4) is 11.3 Å². The molecule has 0 bridgehead atoms. The second kappa shape index (κ2) is 5.34. The van der Waals surface area contributed by atoms with Gasteiger partial charge in [0, 0.05) is 18.2 Å². The number of aromatic nitrogens is 1. The van der Waals surface area contributed by atoms with E-state index < -0.39 is 11.7 Å². The first-order chi connectivity index (χ1) is 9.00. The minimum atomic E-state index is -4.36. The highest BCUT2D eigenvalue weighted by Crippen LogP contribution is 2.32. The van der Waals surface area contributed by atoms with Gasteiger partial charge < -0.3 is 9.84 Å². The molecule has 0 radical (unpaired) electrons. The zero-order chi connectivity index (χ0) is 13.9. The highest BCUT2D eigenvalue weighted by atomic mass is 19.4. The summed E-state index contributed by atoms with van der Waals surface area (Å²) < 4.78 is 42.8. The summed E-state index contributed by atoms with van der Waals surface area (Å²) in [5.74, 6) is 0.832. The number of hydrogen-bond acceptors (Lipinski definition) is 3. The summed E-state index contributed by atoms with van der Waals surface area (Å²) in [6, 6.07) is 6.56. The van der Waals surface area contributed by atoms with Crippen molar-refractivity contribution in [2.45, 2.75) is 19.5 Å². The largest absolute Gasteiger partial charge is 0.416 e. The van der Waals surface area contributed by atoms with Gasteiger partial charge in [-0.1, -0.05) is 24.2 Å². The molecule has 0 aliphatic rings. The molecule has 0 spiro atoms. The van der Waals surface area contributed by atoms with E-state index in [0.717, 1.165) is 25.1 Å². The fraction of sp³-hybridized carbons (Fsp3) is 0.308. The van der Waals surface area contributed by atoms with Crippen molar-refractivity contribution in [3.05, 3.63) is 35.9 Å². The van der Waals surface area contributed by atoms with Gasteiger partial charge in [0.05, 0.1) is 5.56 Å². The molecular weight excluding hydrogens is 257 g/mol. The highest BCUT2D eigenvalue weighted by molar-refractivity contribution is 5.61. The van der Waals surface area contributed by atoms with Crippen molar-refractivity contribution in [2.75, 3.05) is 11.9 Å². The van der Waals surface area contributed by atoms with Crippen molar-refractivity contribution in [1.82, 2.24) is 5.16 Å². The number of benzene rings is 1. The van der Waals surface area contributed by atoms with Crippen LogP contribution in [0.4, 0.5) is 19.0 Å². The van der Waals surface area contributed by atoms with E-state index >= 15 is 0 Å². The first-order valence-electron chi connectivity index (χ1n) is 5.89. The SMILES string of the molecule is CCCNc1cc(-c2cccc(C(F)(F)F)c2)on1. The lowest BCUT2D eigenvalue weighted by Gasteiger charge is -2.06. The van der Waals surface area contributed by atoms with Crippen LogP contribution in [0, 0.1) is 0 Å². The van der Waals surface area contributed by atoms with Gasteiger partial charge in [0.1, 0.15) is 0 Å². The summed E-state index contributed by atoms with van der Waals surface area (Å²) in [5, 5.41) is 6.76. The van der Waals surface area contributed by atoms with Crippen LogP contribution in [0.3, 0.4) is 0 Å². The number of hydrogen-bond donors (Lipinski definition) is 1. The summed E-state index contributed by atoms with van der Waals surface area (Å²) in [5.41, 5.74) is -0.351. The van der Waals surface area contributed by atoms with Crippen molar-refractivity contribution >= 4 is 5.82 Å². The average molecular weight is 270 g/mol. The van der Waals surface area contributed by atoms with Gasteiger partial charge >= 0.3 is 6.18 Å². The number of nitrogens with zero attached hydrogens (tertiary/aromatic N) is 1. The molecule has 1 N–H and O–H groups in total. The number of anilines is 1. The number of nitrogens with one attached hydrogen (secondary N) is 1. The van der Waals surface area contributed by atoms with E-state index in [9.17, 15) is 13.2 Å². The standard InChI is InChI=1S/C13H13F3N2O/c1-2-6-17-12-8-11(19-18-12)9-4-3-5-10(7-9)13(14,15)16/h3-5,7-8H,2,6H2,1H3,(H,17,18). The van der Waals surface area contributed by atoms with Gasteiger partial charge in [0.2, 0.25) is 0 Å². The molecule has 0 unspecified atom stereocenters. The monoisotopic (exact) mass is 270 g/mol. The van der Waals surface area contributed by atoms with Gasteiger partial charge in [-0.3, -0.25) is 0 Å². The maximum atomic E-state index is 12.6. The Morgan fingerprint density at radius 3 is 2.74 bits per heavy atom. The van der Waals surface area contributed by atoms with E-state index in [0.29, 0.717) is 17.1 Å². The summed E-state index contributed by atoms with van der Waals surface area (Å²) in [6.45, 7) is 2.73. The Hall–Kier alpha value is -1.98. The van der Waals surface area contributed by atoms with Gasteiger partial charge in [-0.15, -0.1) is 0 Å². The molecular formula is C13H13F3N2O. The molecule has 19 heavy (non-hydrogen) atoms. The number of rotatable bonds is 4. The molecule has 6 heteroatoms. The van der Waals surface area contributed by atoms with Crippen LogP contribution in [0.15, 0.2) is 34.9 Å². The van der Waals surface area contributed by atoms with Gasteiger partial charge in [0.25, 0.3) is 0 Å². The molecule has 0 atom stereocenters. The lowest BCUT2D eigenvalue weighted by atomic mass is 10.1. The average Bonchev–Trinajstić information content (AvgIpc) is 2.84. The van der Waals surface area contributed by atoms with Crippen LogP contribution < -0.4 is 5.32 Å². The third-order valence-corrected chi connectivity index (χ3v) is 2.54. The Morgan fingerprint density at radius 2 is 2.05 bits per heavy atom. The smallest absolute Gasteiger partial charge is 0.367 e. The van der Waals surface area contributed by atoms with Crippen molar-refractivity contribution in [2.24, 2.45) is 0 Å². The molecule has 0 saturated carbocycles. The van der Waals surface area contributed by atoms with Crippen LogP contribution in [0.25, 0.3) is 11.3 Å². The van der Waals surface area contributed by atoms with Crippen molar-refractivity contribution in [1.29, 1.82) is 0 Å². The van der Waals surface area contributed by atoms with E-state index in [2.05, 4.69) is 10.5 Å². The third kappa shape index (κ3) is 3.27. The predicted octanol–water partition coefficient (Wildman–Crippen LogP) is 4.18. The third-order valence-electron chi connectivity index (χ3n) is 2.54. The summed E-state index contributed by atoms with van der Waals surface area (Å²) in [4.78, 5) is 0. The molecule has 0 aliphatic heterocycles. The first kappa shape index (κ1) is 13.5. The Bertz CT molecular complexity index is 549. The zero-order valence-electron chi connectivity index (χ0n) is 10.3. The van der Waals surface area contributed by atoms with Gasteiger partial charge in [-0.05, 0) is 18.6 Å². The van der Waals surface area contributed by atoms with E-state index in [1.165, 1.54) is 6.07 Å². The van der Waals surface area contributed by atoms with Gasteiger partial charge in [0.15, 0.2) is 11.6 Å². The Labute approximate surface area is 108 Å². The fourth-order valence-electron chi connectivity index (χ4n) is 1.60. The minimum Gasteiger partial charge on any atom is -0.367 e. The molecule has 0 aliphatic carbocycles. The summed E-state index contributed by atoms with van der Waals surface area (Å²) in [7, 11) is 0. The van der Waals surface area contributed by atoms with Crippen LogP contribution in [0.1, 0.15) is 18.9 Å². The normalized spacial score (nSPS) is 11.6. The van der Waals surface area contributed by atoms with Crippen LogP contribution in [0.2, 0.25) is 0 Å². The quantitative estimate of drug-likeness (QED) is 0.905. The van der Waals surface area contributed by atoms with Gasteiger partial charge in [-0.25, -0.2) is 0 Å². The van der Waals surface area contributed by atoms with E-state index in [1.807, 2.05) is 6.92 Å². The maximum absolute atomic E-state index is 12.6. The zero-order valence-corrected chi connectivity index (χ0v) is 10.3. The highest BCUT2D eigenvalue weighted by Gasteiger charge is 2.30. The number of halogens is 3. The van der Waals surface area contributed by atoms with Gasteiger partial charge in [-0.2, -0.15) is 13.2 Å². The molecule has 1 aromatic carbocycles. The first-order valence-corrected chi connectivity index (χ1v) is 5.89. The van der Waals surface area contributed by atoms with Crippen LogP contribution in [0.5, 0.6) is 0 Å². The molecule has 0 amide bonds. The van der Waals surface area contributed by atoms with Crippen LogP contribution in [-0.4, -0.2) is 11.7 Å². The molecule has 102 valence electrons. The molecule has 0 saturated heterocycles. The Balaban J connectivity index is 2.24. The van der Waals surface area contributed by atoms with Crippen molar-refractivity contribution in [3.63, 3.8) is 0 Å². The second-order valence-electron chi connectivity index (χ2n) is 4.08. The minimum absolute atomic E-state index is 0.310. The lowest BCUT2D eigenvalue weighted by Crippen LogP contribution is -2.04. The van der Waals surface area contributed by atoms with E-state index in [1.54, 1.807) is 12.1 Å². The van der Waals surface area contributed by atoms with E-state index in [4.69, 9.17) is 4.52 Å². The maximum Gasteiger partial charge on any atom is 0.416 e. The molecule has 1 heterocycles. The molecule has 0 fully saturated rings.